The Morgan fingerprint density at radius 3 is 1.80 bits per heavy atom. The fourth-order valence-corrected chi connectivity index (χ4v) is 6.23. The molecule has 0 saturated heterocycles. The highest BCUT2D eigenvalue weighted by atomic mass is 16.5. The zero-order chi connectivity index (χ0) is 33.9. The summed E-state index contributed by atoms with van der Waals surface area (Å²) in [5.74, 6) is 1.74. The van der Waals surface area contributed by atoms with Crippen molar-refractivity contribution in [1.82, 2.24) is 0 Å². The van der Waals surface area contributed by atoms with Gasteiger partial charge in [-0.2, -0.15) is 15.5 Å². The predicted molar refractivity (Wildman–Crippen MR) is 194 cm³/mol. The molecule has 46 heavy (non-hydrogen) atoms. The van der Waals surface area contributed by atoms with Crippen molar-refractivity contribution in [3.63, 3.8) is 0 Å². The molecule has 2 rings (SSSR count). The SMILES string of the molecule is CCCCCCCCCCCCC(C#N)(CCCC(CCc1cccc(OC(C)(C)C)c1)N=NC)c1cccc(OC(C)(C)C)c1. The number of unbranched alkanes of at least 4 members (excludes halogenated alkanes) is 9. The number of azo groups is 1. The third-order valence-corrected chi connectivity index (χ3v) is 8.49. The van der Waals surface area contributed by atoms with E-state index in [-0.39, 0.29) is 17.2 Å². The zero-order valence-electron chi connectivity index (χ0n) is 30.7. The molecule has 2 atom stereocenters. The smallest absolute Gasteiger partial charge is 0.120 e. The number of aryl methyl sites for hydroxylation is 1. The van der Waals surface area contributed by atoms with E-state index in [1.54, 1.807) is 7.05 Å². The summed E-state index contributed by atoms with van der Waals surface area (Å²) in [6.45, 7) is 14.7. The van der Waals surface area contributed by atoms with Gasteiger partial charge in [0.15, 0.2) is 0 Å². The predicted octanol–water partition coefficient (Wildman–Crippen LogP) is 12.4. The Morgan fingerprint density at radius 1 is 0.696 bits per heavy atom. The van der Waals surface area contributed by atoms with Gasteiger partial charge in [0.25, 0.3) is 0 Å². The summed E-state index contributed by atoms with van der Waals surface area (Å²) in [7, 11) is 1.76. The lowest BCUT2D eigenvalue weighted by Gasteiger charge is -2.29. The standard InChI is InChI=1S/C41H65N3O2/c1-9-10-11-12-13-14-15-16-17-18-29-41(33-42,35-23-20-26-38(32-35)46-40(5,6)7)30-21-24-36(44-43-8)28-27-34-22-19-25-37(31-34)45-39(2,3)4/h19-20,22-23,25-26,31-32,36H,9-18,21,24,27-30H2,1-8H3. The van der Waals surface area contributed by atoms with Gasteiger partial charge in [-0.1, -0.05) is 95.4 Å². The minimum Gasteiger partial charge on any atom is -0.488 e. The first-order valence-corrected chi connectivity index (χ1v) is 18.2. The number of nitriles is 1. The van der Waals surface area contributed by atoms with Crippen LogP contribution in [0.15, 0.2) is 58.8 Å². The average molecular weight is 632 g/mol. The summed E-state index contributed by atoms with van der Waals surface area (Å²) >= 11 is 0. The van der Waals surface area contributed by atoms with Gasteiger partial charge in [-0.25, -0.2) is 0 Å². The molecular weight excluding hydrogens is 566 g/mol. The molecule has 0 spiro atoms. The first-order valence-electron chi connectivity index (χ1n) is 18.2. The van der Waals surface area contributed by atoms with Crippen molar-refractivity contribution in [2.75, 3.05) is 7.05 Å². The van der Waals surface area contributed by atoms with Gasteiger partial charge in [-0.05, 0) is 115 Å². The molecule has 0 saturated carbocycles. The Hall–Kier alpha value is -2.87. The Kier molecular flexibility index (Phi) is 17.4. The van der Waals surface area contributed by atoms with Crippen molar-refractivity contribution in [3.05, 3.63) is 59.7 Å². The number of hydrogen-bond donors (Lipinski definition) is 0. The van der Waals surface area contributed by atoms with E-state index in [4.69, 9.17) is 9.47 Å². The van der Waals surface area contributed by atoms with Crippen LogP contribution in [0.25, 0.3) is 0 Å². The maximum atomic E-state index is 10.8. The molecule has 0 aromatic heterocycles. The quantitative estimate of drug-likeness (QED) is 0.0959. The second-order valence-corrected chi connectivity index (χ2v) is 15.1. The van der Waals surface area contributed by atoms with Crippen molar-refractivity contribution in [1.29, 1.82) is 5.26 Å². The number of hydrogen-bond acceptors (Lipinski definition) is 5. The van der Waals surface area contributed by atoms with Crippen molar-refractivity contribution >= 4 is 0 Å². The van der Waals surface area contributed by atoms with E-state index in [0.29, 0.717) is 0 Å². The first-order chi connectivity index (χ1) is 21.9. The van der Waals surface area contributed by atoms with Gasteiger partial charge in [0.1, 0.15) is 22.7 Å². The number of benzene rings is 2. The molecule has 0 N–H and O–H groups in total. The van der Waals surface area contributed by atoms with Gasteiger partial charge in [0.2, 0.25) is 0 Å². The van der Waals surface area contributed by atoms with E-state index >= 15 is 0 Å². The summed E-state index contributed by atoms with van der Waals surface area (Å²) in [6.07, 6.45) is 18.3. The molecule has 0 bridgehead atoms. The van der Waals surface area contributed by atoms with E-state index < -0.39 is 5.41 Å². The second kappa shape index (κ2) is 20.4. The van der Waals surface area contributed by atoms with E-state index in [0.717, 1.165) is 62.0 Å². The molecule has 5 nitrogen and oxygen atoms in total. The summed E-state index contributed by atoms with van der Waals surface area (Å²) in [6, 6.07) is 19.6. The minimum absolute atomic E-state index is 0.126. The van der Waals surface area contributed by atoms with Crippen molar-refractivity contribution in [3.8, 4) is 17.6 Å². The summed E-state index contributed by atoms with van der Waals surface area (Å²) in [5.41, 5.74) is 1.28. The third kappa shape index (κ3) is 16.1. The van der Waals surface area contributed by atoms with Crippen LogP contribution in [0.3, 0.4) is 0 Å². The number of rotatable bonds is 22. The van der Waals surface area contributed by atoms with Crippen LogP contribution in [-0.2, 0) is 11.8 Å². The van der Waals surface area contributed by atoms with E-state index in [9.17, 15) is 5.26 Å². The molecule has 0 amide bonds. The molecule has 0 aliphatic heterocycles. The Bertz CT molecular complexity index is 1190. The summed E-state index contributed by atoms with van der Waals surface area (Å²) in [5, 5.41) is 19.6. The van der Waals surface area contributed by atoms with Gasteiger partial charge in [0, 0.05) is 7.05 Å². The molecule has 5 heteroatoms. The lowest BCUT2D eigenvalue weighted by molar-refractivity contribution is 0.130. The lowest BCUT2D eigenvalue weighted by Crippen LogP contribution is -2.26. The maximum absolute atomic E-state index is 10.8. The monoisotopic (exact) mass is 632 g/mol. The number of ether oxygens (including phenoxy) is 2. The second-order valence-electron chi connectivity index (χ2n) is 15.1. The molecule has 256 valence electrons. The van der Waals surface area contributed by atoms with E-state index in [1.807, 2.05) is 18.2 Å². The Labute approximate surface area is 282 Å². The fraction of sp³-hybridized carbons (Fsp3) is 0.683. The van der Waals surface area contributed by atoms with Gasteiger partial charge >= 0.3 is 0 Å². The fourth-order valence-electron chi connectivity index (χ4n) is 6.23. The van der Waals surface area contributed by atoms with Crippen LogP contribution in [0, 0.1) is 11.3 Å². The first kappa shape index (κ1) is 39.3. The molecular formula is C41H65N3O2. The van der Waals surface area contributed by atoms with Crippen molar-refractivity contribution < 1.29 is 9.47 Å². The summed E-state index contributed by atoms with van der Waals surface area (Å²) in [4.78, 5) is 0. The molecule has 0 aliphatic carbocycles. The van der Waals surface area contributed by atoms with Crippen LogP contribution >= 0.6 is 0 Å². The van der Waals surface area contributed by atoms with Crippen LogP contribution in [0.2, 0.25) is 0 Å². The third-order valence-electron chi connectivity index (χ3n) is 8.49. The van der Waals surface area contributed by atoms with Crippen LogP contribution in [0.5, 0.6) is 11.5 Å². The van der Waals surface area contributed by atoms with Crippen LogP contribution in [0.4, 0.5) is 0 Å². The van der Waals surface area contributed by atoms with E-state index in [1.165, 1.54) is 63.4 Å². The molecule has 0 fully saturated rings. The van der Waals surface area contributed by atoms with Crippen LogP contribution < -0.4 is 9.47 Å². The maximum Gasteiger partial charge on any atom is 0.120 e. The van der Waals surface area contributed by atoms with E-state index in [2.05, 4.69) is 95.1 Å². The molecule has 2 aromatic rings. The van der Waals surface area contributed by atoms with Crippen molar-refractivity contribution in [2.24, 2.45) is 10.2 Å². The van der Waals surface area contributed by atoms with Crippen LogP contribution in [0.1, 0.15) is 156 Å². The Morgan fingerprint density at radius 2 is 1.24 bits per heavy atom. The molecule has 0 aliphatic rings. The summed E-state index contributed by atoms with van der Waals surface area (Å²) < 4.78 is 12.3. The van der Waals surface area contributed by atoms with Gasteiger partial charge in [0.05, 0.1) is 17.5 Å². The molecule has 2 unspecified atom stereocenters. The molecule has 2 aromatic carbocycles. The minimum atomic E-state index is -0.538. The van der Waals surface area contributed by atoms with Gasteiger partial charge in [-0.15, -0.1) is 0 Å². The zero-order valence-corrected chi connectivity index (χ0v) is 30.7. The Balaban J connectivity index is 2.06. The average Bonchev–Trinajstić information content (AvgIpc) is 2.98. The normalized spacial score (nSPS) is 14.2. The highest BCUT2D eigenvalue weighted by Crippen LogP contribution is 2.38. The highest BCUT2D eigenvalue weighted by molar-refractivity contribution is 5.38. The number of nitrogens with zero attached hydrogens (tertiary/aromatic N) is 3. The van der Waals surface area contributed by atoms with Crippen molar-refractivity contribution in [2.45, 2.75) is 174 Å². The van der Waals surface area contributed by atoms with Crippen LogP contribution in [-0.4, -0.2) is 24.3 Å². The largest absolute Gasteiger partial charge is 0.488 e. The highest BCUT2D eigenvalue weighted by Gasteiger charge is 2.32. The topological polar surface area (TPSA) is 67.0 Å². The molecule has 0 radical (unpaired) electrons. The van der Waals surface area contributed by atoms with Gasteiger partial charge < -0.3 is 9.47 Å². The van der Waals surface area contributed by atoms with Gasteiger partial charge in [-0.3, -0.25) is 0 Å². The molecule has 0 heterocycles. The lowest BCUT2D eigenvalue weighted by atomic mass is 9.73.